The minimum absolute atomic E-state index is 0.0680. The van der Waals surface area contributed by atoms with E-state index in [0.29, 0.717) is 13.0 Å². The highest BCUT2D eigenvalue weighted by Gasteiger charge is 2.31. The third kappa shape index (κ3) is 5.21. The maximum Gasteiger partial charge on any atom is 0.234 e. The summed E-state index contributed by atoms with van der Waals surface area (Å²) in [7, 11) is -1.14. The minimum Gasteiger partial charge on any atom is -0.494 e. The summed E-state index contributed by atoms with van der Waals surface area (Å²) in [5.41, 5.74) is 0.998. The van der Waals surface area contributed by atoms with E-state index in [1.807, 2.05) is 43.0 Å². The third-order valence-electron chi connectivity index (χ3n) is 4.29. The molecule has 1 aromatic carbocycles. The molecule has 1 aromatic rings. The smallest absolute Gasteiger partial charge is 0.234 e. The number of hydrogen-bond donors (Lipinski definition) is 1. The Hall–Kier alpha value is -1.60. The maximum atomic E-state index is 12.2. The zero-order valence-electron chi connectivity index (χ0n) is 14.5. The van der Waals surface area contributed by atoms with Crippen LogP contribution in [0.2, 0.25) is 0 Å². The standard InChI is InChI=1S/C17H26N2O4S/c1-4-23-16-7-5-14(6-8-16)13(2)18-17(20)11-19(3)15-9-10-24(21,22)12-15/h5-8,13,15H,4,9-12H2,1-3H3,(H,18,20)/t13-,15-/m1/s1. The van der Waals surface area contributed by atoms with Crippen LogP contribution in [0.25, 0.3) is 0 Å². The number of sulfone groups is 1. The summed E-state index contributed by atoms with van der Waals surface area (Å²) in [6.07, 6.45) is 0.598. The highest BCUT2D eigenvalue weighted by Crippen LogP contribution is 2.18. The maximum absolute atomic E-state index is 12.2. The number of carbonyl (C=O) groups excluding carboxylic acids is 1. The molecule has 1 N–H and O–H groups in total. The average Bonchev–Trinajstić information content (AvgIpc) is 2.88. The Labute approximate surface area is 144 Å². The molecule has 134 valence electrons. The van der Waals surface area contributed by atoms with Crippen LogP contribution in [-0.4, -0.2) is 57.0 Å². The molecule has 1 aliphatic rings. The first-order valence-corrected chi connectivity index (χ1v) is 10.1. The molecule has 0 bridgehead atoms. The number of likely N-dealkylation sites (N-methyl/N-ethyl adjacent to an activating group) is 1. The Morgan fingerprint density at radius 3 is 2.58 bits per heavy atom. The van der Waals surface area contributed by atoms with Gasteiger partial charge in [0.05, 0.1) is 30.7 Å². The number of rotatable bonds is 7. The van der Waals surface area contributed by atoms with Gasteiger partial charge in [-0.2, -0.15) is 0 Å². The van der Waals surface area contributed by atoms with E-state index >= 15 is 0 Å². The second-order valence-electron chi connectivity index (χ2n) is 6.26. The second kappa shape index (κ2) is 7.98. The Morgan fingerprint density at radius 1 is 1.38 bits per heavy atom. The predicted molar refractivity (Wildman–Crippen MR) is 93.9 cm³/mol. The molecule has 2 atom stereocenters. The molecule has 2 rings (SSSR count). The number of ether oxygens (including phenoxy) is 1. The zero-order chi connectivity index (χ0) is 17.7. The van der Waals surface area contributed by atoms with Gasteiger partial charge in [-0.3, -0.25) is 9.69 Å². The Balaban J connectivity index is 1.85. The van der Waals surface area contributed by atoms with Crippen LogP contribution in [0.4, 0.5) is 0 Å². The average molecular weight is 354 g/mol. The van der Waals surface area contributed by atoms with E-state index in [0.717, 1.165) is 11.3 Å². The van der Waals surface area contributed by atoms with Crippen molar-refractivity contribution in [1.29, 1.82) is 0 Å². The van der Waals surface area contributed by atoms with Gasteiger partial charge in [-0.1, -0.05) is 12.1 Å². The lowest BCUT2D eigenvalue weighted by Crippen LogP contribution is -2.41. The van der Waals surface area contributed by atoms with E-state index < -0.39 is 9.84 Å². The Kier molecular flexibility index (Phi) is 6.23. The topological polar surface area (TPSA) is 75.7 Å². The third-order valence-corrected chi connectivity index (χ3v) is 6.04. The highest BCUT2D eigenvalue weighted by atomic mass is 32.2. The summed E-state index contributed by atoms with van der Waals surface area (Å²) in [5.74, 6) is 1.06. The molecule has 1 aliphatic heterocycles. The van der Waals surface area contributed by atoms with Crippen molar-refractivity contribution >= 4 is 15.7 Å². The van der Waals surface area contributed by atoms with Gasteiger partial charge in [0.25, 0.3) is 0 Å². The van der Waals surface area contributed by atoms with Crippen LogP contribution in [0.15, 0.2) is 24.3 Å². The first-order valence-electron chi connectivity index (χ1n) is 8.23. The molecule has 1 fully saturated rings. The molecule has 0 aliphatic carbocycles. The van der Waals surface area contributed by atoms with Crippen molar-refractivity contribution in [2.45, 2.75) is 32.4 Å². The summed E-state index contributed by atoms with van der Waals surface area (Å²) in [6.45, 7) is 4.67. The van der Waals surface area contributed by atoms with Gasteiger partial charge >= 0.3 is 0 Å². The van der Waals surface area contributed by atoms with Crippen molar-refractivity contribution in [3.8, 4) is 5.75 Å². The Morgan fingerprint density at radius 2 is 2.04 bits per heavy atom. The number of carbonyl (C=O) groups is 1. The van der Waals surface area contributed by atoms with Gasteiger partial charge in [0.1, 0.15) is 5.75 Å². The minimum atomic E-state index is -2.94. The van der Waals surface area contributed by atoms with E-state index in [2.05, 4.69) is 5.32 Å². The van der Waals surface area contributed by atoms with Gasteiger partial charge in [-0.05, 0) is 45.0 Å². The molecule has 1 heterocycles. The van der Waals surface area contributed by atoms with Crippen molar-refractivity contribution in [2.75, 3.05) is 31.7 Å². The number of nitrogens with zero attached hydrogens (tertiary/aromatic N) is 1. The highest BCUT2D eigenvalue weighted by molar-refractivity contribution is 7.91. The molecule has 0 spiro atoms. The van der Waals surface area contributed by atoms with E-state index in [1.165, 1.54) is 0 Å². The fourth-order valence-electron chi connectivity index (χ4n) is 2.87. The lowest BCUT2D eigenvalue weighted by atomic mass is 10.1. The van der Waals surface area contributed by atoms with E-state index in [1.54, 1.807) is 7.05 Å². The van der Waals surface area contributed by atoms with Crippen LogP contribution in [0, 0.1) is 0 Å². The monoisotopic (exact) mass is 354 g/mol. The molecule has 0 aromatic heterocycles. The molecule has 0 saturated carbocycles. The zero-order valence-corrected chi connectivity index (χ0v) is 15.3. The quantitative estimate of drug-likeness (QED) is 0.801. The normalized spacial score (nSPS) is 20.8. The molecule has 24 heavy (non-hydrogen) atoms. The summed E-state index contributed by atoms with van der Waals surface area (Å²) in [4.78, 5) is 14.0. The van der Waals surface area contributed by atoms with Gasteiger partial charge in [-0.15, -0.1) is 0 Å². The van der Waals surface area contributed by atoms with Crippen molar-refractivity contribution in [3.05, 3.63) is 29.8 Å². The van der Waals surface area contributed by atoms with E-state index in [9.17, 15) is 13.2 Å². The van der Waals surface area contributed by atoms with Crippen LogP contribution in [0.3, 0.4) is 0 Å². The number of nitrogens with one attached hydrogen (secondary N) is 1. The molecule has 1 amide bonds. The van der Waals surface area contributed by atoms with E-state index in [-0.39, 0.29) is 36.0 Å². The van der Waals surface area contributed by atoms with Crippen LogP contribution in [0.1, 0.15) is 31.9 Å². The number of hydrogen-bond acceptors (Lipinski definition) is 5. The predicted octanol–water partition coefficient (Wildman–Crippen LogP) is 1.38. The molecule has 6 nitrogen and oxygen atoms in total. The molecule has 0 radical (unpaired) electrons. The second-order valence-corrected chi connectivity index (χ2v) is 8.49. The molecular weight excluding hydrogens is 328 g/mol. The summed E-state index contributed by atoms with van der Waals surface area (Å²) in [6, 6.07) is 7.45. The van der Waals surface area contributed by atoms with Gasteiger partial charge in [-0.25, -0.2) is 8.42 Å². The fourth-order valence-corrected chi connectivity index (χ4v) is 4.67. The largest absolute Gasteiger partial charge is 0.494 e. The fraction of sp³-hybridized carbons (Fsp3) is 0.588. The Bertz CT molecular complexity index is 658. The number of amides is 1. The van der Waals surface area contributed by atoms with Crippen molar-refractivity contribution < 1.29 is 17.9 Å². The van der Waals surface area contributed by atoms with Crippen molar-refractivity contribution in [1.82, 2.24) is 10.2 Å². The van der Waals surface area contributed by atoms with Crippen LogP contribution >= 0.6 is 0 Å². The summed E-state index contributed by atoms with van der Waals surface area (Å²) in [5, 5.41) is 2.95. The van der Waals surface area contributed by atoms with Crippen molar-refractivity contribution in [2.24, 2.45) is 0 Å². The lowest BCUT2D eigenvalue weighted by Gasteiger charge is -2.23. The first kappa shape index (κ1) is 18.7. The molecule has 7 heteroatoms. The summed E-state index contributed by atoms with van der Waals surface area (Å²) >= 11 is 0. The lowest BCUT2D eigenvalue weighted by molar-refractivity contribution is -0.123. The van der Waals surface area contributed by atoms with Gasteiger partial charge in [0.2, 0.25) is 5.91 Å². The SMILES string of the molecule is CCOc1ccc([C@@H](C)NC(=O)CN(C)[C@@H]2CCS(=O)(=O)C2)cc1. The van der Waals surface area contributed by atoms with Crippen LogP contribution in [-0.2, 0) is 14.6 Å². The molecule has 0 unspecified atom stereocenters. The molecular formula is C17H26N2O4S. The van der Waals surface area contributed by atoms with E-state index in [4.69, 9.17) is 4.74 Å². The summed E-state index contributed by atoms with van der Waals surface area (Å²) < 4.78 is 28.5. The van der Waals surface area contributed by atoms with Gasteiger partial charge in [0, 0.05) is 6.04 Å². The van der Waals surface area contributed by atoms with Crippen LogP contribution in [0.5, 0.6) is 5.75 Å². The van der Waals surface area contributed by atoms with Crippen LogP contribution < -0.4 is 10.1 Å². The van der Waals surface area contributed by atoms with Gasteiger partial charge in [0.15, 0.2) is 9.84 Å². The molecule has 1 saturated heterocycles. The van der Waals surface area contributed by atoms with Gasteiger partial charge < -0.3 is 10.1 Å². The number of benzene rings is 1. The van der Waals surface area contributed by atoms with Crippen molar-refractivity contribution in [3.63, 3.8) is 0 Å². The first-order chi connectivity index (χ1) is 11.3.